The zero-order chi connectivity index (χ0) is 12.4. The highest BCUT2D eigenvalue weighted by Crippen LogP contribution is 2.17. The van der Waals surface area contributed by atoms with E-state index in [1.165, 1.54) is 12.1 Å². The van der Waals surface area contributed by atoms with Crippen molar-refractivity contribution in [2.45, 2.75) is 25.9 Å². The van der Waals surface area contributed by atoms with Crippen LogP contribution < -0.4 is 0 Å². The smallest absolute Gasteiger partial charge is 0.254 e. The van der Waals surface area contributed by atoms with Gasteiger partial charge in [-0.2, -0.15) is 0 Å². The van der Waals surface area contributed by atoms with Crippen LogP contribution in [-0.2, 0) is 4.74 Å². The zero-order valence-corrected chi connectivity index (χ0v) is 10.0. The summed E-state index contributed by atoms with van der Waals surface area (Å²) >= 11 is 0. The van der Waals surface area contributed by atoms with Gasteiger partial charge in [-0.3, -0.25) is 4.79 Å². The average Bonchev–Trinajstić information content (AvgIpc) is 2.28. The average molecular weight is 237 g/mol. The fourth-order valence-electron chi connectivity index (χ4n) is 2.18. The molecule has 1 aromatic carbocycles. The van der Waals surface area contributed by atoms with Crippen molar-refractivity contribution in [2.75, 3.05) is 13.2 Å². The normalized spacial score (nSPS) is 24.8. The number of amides is 1. The molecule has 1 aromatic rings. The summed E-state index contributed by atoms with van der Waals surface area (Å²) in [5, 5.41) is 0. The Balaban J connectivity index is 2.24. The van der Waals surface area contributed by atoms with Gasteiger partial charge in [0.25, 0.3) is 5.91 Å². The van der Waals surface area contributed by atoms with Gasteiger partial charge in [-0.1, -0.05) is 6.07 Å². The lowest BCUT2D eigenvalue weighted by Gasteiger charge is -2.38. The lowest BCUT2D eigenvalue weighted by Crippen LogP contribution is -2.52. The van der Waals surface area contributed by atoms with Gasteiger partial charge in [-0.05, 0) is 32.0 Å². The van der Waals surface area contributed by atoms with Crippen molar-refractivity contribution in [3.63, 3.8) is 0 Å². The van der Waals surface area contributed by atoms with Gasteiger partial charge in [-0.25, -0.2) is 4.39 Å². The van der Waals surface area contributed by atoms with Gasteiger partial charge < -0.3 is 9.64 Å². The molecule has 0 radical (unpaired) electrons. The number of carbonyl (C=O) groups excluding carboxylic acids is 1. The highest BCUT2D eigenvalue weighted by Gasteiger charge is 2.30. The molecule has 1 amide bonds. The van der Waals surface area contributed by atoms with Crippen LogP contribution in [-0.4, -0.2) is 36.1 Å². The molecule has 17 heavy (non-hydrogen) atoms. The van der Waals surface area contributed by atoms with Crippen molar-refractivity contribution < 1.29 is 13.9 Å². The molecule has 0 N–H and O–H groups in total. The Labute approximate surface area is 100 Å². The maximum absolute atomic E-state index is 13.1. The number of hydrogen-bond acceptors (Lipinski definition) is 2. The minimum absolute atomic E-state index is 0.0227. The van der Waals surface area contributed by atoms with Crippen molar-refractivity contribution >= 4 is 5.91 Å². The van der Waals surface area contributed by atoms with E-state index in [1.807, 2.05) is 13.8 Å². The molecule has 0 aromatic heterocycles. The van der Waals surface area contributed by atoms with E-state index in [9.17, 15) is 9.18 Å². The second-order valence-corrected chi connectivity index (χ2v) is 4.46. The molecular formula is C13H16FNO2. The van der Waals surface area contributed by atoms with E-state index < -0.39 is 0 Å². The maximum atomic E-state index is 13.1. The number of halogens is 1. The first-order valence-corrected chi connectivity index (χ1v) is 5.75. The molecule has 1 aliphatic rings. The molecule has 0 bridgehead atoms. The molecule has 1 heterocycles. The molecular weight excluding hydrogens is 221 g/mol. The molecule has 0 spiro atoms. The largest absolute Gasteiger partial charge is 0.377 e. The van der Waals surface area contributed by atoms with Crippen molar-refractivity contribution in [3.8, 4) is 0 Å². The van der Waals surface area contributed by atoms with Crippen LogP contribution in [0.25, 0.3) is 0 Å². The molecule has 1 saturated heterocycles. The minimum Gasteiger partial charge on any atom is -0.377 e. The molecule has 1 fully saturated rings. The molecule has 4 heteroatoms. The molecule has 0 saturated carbocycles. The summed E-state index contributed by atoms with van der Waals surface area (Å²) in [5.41, 5.74) is 0.394. The number of nitrogens with zero attached hydrogens (tertiary/aromatic N) is 1. The number of morpholine rings is 1. The van der Waals surface area contributed by atoms with Crippen molar-refractivity contribution in [1.82, 2.24) is 4.90 Å². The van der Waals surface area contributed by atoms with Crippen LogP contribution in [0.2, 0.25) is 0 Å². The van der Waals surface area contributed by atoms with E-state index in [-0.39, 0.29) is 23.8 Å². The van der Waals surface area contributed by atoms with E-state index in [0.717, 1.165) is 0 Å². The Hall–Kier alpha value is -1.42. The van der Waals surface area contributed by atoms with Gasteiger partial charge in [0.1, 0.15) is 5.82 Å². The van der Waals surface area contributed by atoms with Gasteiger partial charge in [-0.15, -0.1) is 0 Å². The van der Waals surface area contributed by atoms with E-state index in [1.54, 1.807) is 17.0 Å². The predicted octanol–water partition coefficient (Wildman–Crippen LogP) is 2.08. The van der Waals surface area contributed by atoms with E-state index in [0.29, 0.717) is 18.8 Å². The second-order valence-electron chi connectivity index (χ2n) is 4.46. The van der Waals surface area contributed by atoms with Gasteiger partial charge in [0.05, 0.1) is 25.3 Å². The highest BCUT2D eigenvalue weighted by molar-refractivity contribution is 5.94. The summed E-state index contributed by atoms with van der Waals surface area (Å²) in [7, 11) is 0. The SMILES string of the molecule is CC1COCC(C)N1C(=O)c1cccc(F)c1. The summed E-state index contributed by atoms with van der Waals surface area (Å²) in [5.74, 6) is -0.516. The van der Waals surface area contributed by atoms with Gasteiger partial charge in [0.15, 0.2) is 0 Å². The monoisotopic (exact) mass is 237 g/mol. The molecule has 3 nitrogen and oxygen atoms in total. The van der Waals surface area contributed by atoms with E-state index in [4.69, 9.17) is 4.74 Å². The van der Waals surface area contributed by atoms with Crippen molar-refractivity contribution in [1.29, 1.82) is 0 Å². The number of carbonyl (C=O) groups is 1. The molecule has 1 aliphatic heterocycles. The lowest BCUT2D eigenvalue weighted by molar-refractivity contribution is -0.0249. The third kappa shape index (κ3) is 2.47. The third-order valence-corrected chi connectivity index (χ3v) is 2.97. The van der Waals surface area contributed by atoms with Crippen LogP contribution in [0.15, 0.2) is 24.3 Å². The lowest BCUT2D eigenvalue weighted by atomic mass is 10.1. The first-order valence-electron chi connectivity index (χ1n) is 5.75. The fraction of sp³-hybridized carbons (Fsp3) is 0.462. The molecule has 2 atom stereocenters. The predicted molar refractivity (Wildman–Crippen MR) is 62.3 cm³/mol. The summed E-state index contributed by atoms with van der Waals surface area (Å²) < 4.78 is 18.5. The molecule has 2 rings (SSSR count). The van der Waals surface area contributed by atoms with Gasteiger partial charge >= 0.3 is 0 Å². The Morgan fingerprint density at radius 2 is 2.00 bits per heavy atom. The van der Waals surface area contributed by atoms with Gasteiger partial charge in [0.2, 0.25) is 0 Å². The fourth-order valence-corrected chi connectivity index (χ4v) is 2.18. The number of rotatable bonds is 1. The van der Waals surface area contributed by atoms with Crippen LogP contribution in [0, 0.1) is 5.82 Å². The maximum Gasteiger partial charge on any atom is 0.254 e. The van der Waals surface area contributed by atoms with Crippen LogP contribution in [0.1, 0.15) is 24.2 Å². The summed E-state index contributed by atoms with van der Waals surface area (Å²) in [4.78, 5) is 14.0. The van der Waals surface area contributed by atoms with Crippen LogP contribution in [0.4, 0.5) is 4.39 Å². The number of benzene rings is 1. The Bertz CT molecular complexity index is 412. The molecule has 92 valence electrons. The summed E-state index contributed by atoms with van der Waals surface area (Å²) in [6, 6.07) is 5.85. The number of hydrogen-bond donors (Lipinski definition) is 0. The van der Waals surface area contributed by atoms with Crippen molar-refractivity contribution in [3.05, 3.63) is 35.6 Å². The second kappa shape index (κ2) is 4.84. The first-order chi connectivity index (χ1) is 8.09. The number of ether oxygens (including phenoxy) is 1. The Morgan fingerprint density at radius 1 is 1.35 bits per heavy atom. The standard InChI is InChI=1S/C13H16FNO2/c1-9-7-17-8-10(2)15(9)13(16)11-4-3-5-12(14)6-11/h3-6,9-10H,7-8H2,1-2H3. The highest BCUT2D eigenvalue weighted by atomic mass is 19.1. The van der Waals surface area contributed by atoms with E-state index >= 15 is 0 Å². The van der Waals surface area contributed by atoms with Crippen LogP contribution in [0.3, 0.4) is 0 Å². The molecule has 2 unspecified atom stereocenters. The first kappa shape index (κ1) is 12.0. The Kier molecular flexibility index (Phi) is 3.43. The van der Waals surface area contributed by atoms with Crippen molar-refractivity contribution in [2.24, 2.45) is 0 Å². The van der Waals surface area contributed by atoms with Crippen LogP contribution >= 0.6 is 0 Å². The quantitative estimate of drug-likeness (QED) is 0.748. The molecule has 0 aliphatic carbocycles. The topological polar surface area (TPSA) is 29.5 Å². The summed E-state index contributed by atoms with van der Waals surface area (Å²) in [6.45, 7) is 4.94. The van der Waals surface area contributed by atoms with E-state index in [2.05, 4.69) is 0 Å². The Morgan fingerprint density at radius 3 is 2.59 bits per heavy atom. The van der Waals surface area contributed by atoms with Crippen LogP contribution in [0.5, 0.6) is 0 Å². The summed E-state index contributed by atoms with van der Waals surface area (Å²) in [6.07, 6.45) is 0. The minimum atomic E-state index is -0.385. The van der Waals surface area contributed by atoms with Gasteiger partial charge in [0, 0.05) is 5.56 Å². The third-order valence-electron chi connectivity index (χ3n) is 2.97. The zero-order valence-electron chi connectivity index (χ0n) is 10.0.